The maximum Gasteiger partial charge on any atom is 0.226 e. The molecule has 0 amide bonds. The minimum atomic E-state index is 0.534. The van der Waals surface area contributed by atoms with Crippen LogP contribution in [0.4, 0.5) is 0 Å². The highest BCUT2D eigenvalue weighted by Crippen LogP contribution is 2.38. The fourth-order valence-electron chi connectivity index (χ4n) is 2.64. The number of rotatable bonds is 6. The Morgan fingerprint density at radius 1 is 1.35 bits per heavy atom. The first kappa shape index (κ1) is 12.6. The molecule has 2 rings (SSSR count). The molecule has 4 heteroatoms. The second-order valence-electron chi connectivity index (χ2n) is 5.08. The van der Waals surface area contributed by atoms with Crippen molar-refractivity contribution in [3.05, 3.63) is 11.7 Å². The Kier molecular flexibility index (Phi) is 4.54. The lowest BCUT2D eigenvalue weighted by Crippen LogP contribution is -2.00. The summed E-state index contributed by atoms with van der Waals surface area (Å²) in [6.07, 6.45) is 7.99. The Morgan fingerprint density at radius 2 is 2.24 bits per heavy atom. The zero-order valence-electron chi connectivity index (χ0n) is 10.7. The molecule has 1 aliphatic rings. The second-order valence-corrected chi connectivity index (χ2v) is 5.08. The third-order valence-corrected chi connectivity index (χ3v) is 3.81. The first-order valence-electron chi connectivity index (χ1n) is 6.86. The lowest BCUT2D eigenvalue weighted by Gasteiger charge is -2.04. The average molecular weight is 237 g/mol. The smallest absolute Gasteiger partial charge is 0.226 e. The van der Waals surface area contributed by atoms with Crippen LogP contribution >= 0.6 is 0 Å². The lowest BCUT2D eigenvalue weighted by molar-refractivity contribution is 0.365. The van der Waals surface area contributed by atoms with Crippen LogP contribution in [0.3, 0.4) is 0 Å². The standard InChI is InChI=1S/C13H23N3O/c1-2-10-6-7-11(9-10)13-15-12(17-16-13)5-3-4-8-14/h10-11H,2-9,14H2,1H3. The molecule has 2 atom stereocenters. The number of nitrogens with zero attached hydrogens (tertiary/aromatic N) is 2. The van der Waals surface area contributed by atoms with Crippen LogP contribution in [0.15, 0.2) is 4.52 Å². The quantitative estimate of drug-likeness (QED) is 0.772. The van der Waals surface area contributed by atoms with Crippen LogP contribution in [0.5, 0.6) is 0 Å². The van der Waals surface area contributed by atoms with Crippen LogP contribution < -0.4 is 5.73 Å². The maximum atomic E-state index is 5.46. The highest BCUT2D eigenvalue weighted by Gasteiger charge is 2.28. The highest BCUT2D eigenvalue weighted by atomic mass is 16.5. The van der Waals surface area contributed by atoms with Crippen molar-refractivity contribution in [2.24, 2.45) is 11.7 Å². The molecule has 0 aromatic carbocycles. The number of hydrogen-bond donors (Lipinski definition) is 1. The van der Waals surface area contributed by atoms with Crippen molar-refractivity contribution in [1.29, 1.82) is 0 Å². The number of hydrogen-bond acceptors (Lipinski definition) is 4. The molecule has 0 radical (unpaired) electrons. The molecule has 1 heterocycles. The van der Waals surface area contributed by atoms with Gasteiger partial charge in [-0.3, -0.25) is 0 Å². The maximum absolute atomic E-state index is 5.46. The monoisotopic (exact) mass is 237 g/mol. The normalized spacial score (nSPS) is 24.4. The molecule has 0 spiro atoms. The van der Waals surface area contributed by atoms with Crippen LogP contribution in [0.1, 0.15) is 63.1 Å². The first-order chi connectivity index (χ1) is 8.33. The third-order valence-electron chi connectivity index (χ3n) is 3.81. The molecule has 2 unspecified atom stereocenters. The molecule has 0 bridgehead atoms. The van der Waals surface area contributed by atoms with E-state index >= 15 is 0 Å². The Morgan fingerprint density at radius 3 is 2.94 bits per heavy atom. The molecular formula is C13H23N3O. The van der Waals surface area contributed by atoms with Gasteiger partial charge < -0.3 is 10.3 Å². The van der Waals surface area contributed by atoms with Crippen LogP contribution in [0, 0.1) is 5.92 Å². The molecule has 1 aromatic heterocycles. The number of aryl methyl sites for hydroxylation is 1. The zero-order valence-corrected chi connectivity index (χ0v) is 10.7. The molecule has 17 heavy (non-hydrogen) atoms. The molecular weight excluding hydrogens is 214 g/mol. The summed E-state index contributed by atoms with van der Waals surface area (Å²) in [5, 5.41) is 4.13. The summed E-state index contributed by atoms with van der Waals surface area (Å²) >= 11 is 0. The fraction of sp³-hybridized carbons (Fsp3) is 0.846. The summed E-state index contributed by atoms with van der Waals surface area (Å²) in [5.41, 5.74) is 5.46. The summed E-state index contributed by atoms with van der Waals surface area (Å²) in [5.74, 6) is 3.11. The summed E-state index contributed by atoms with van der Waals surface area (Å²) in [6.45, 7) is 3.00. The molecule has 2 N–H and O–H groups in total. The van der Waals surface area contributed by atoms with Crippen LogP contribution in [-0.2, 0) is 6.42 Å². The molecule has 96 valence electrons. The van der Waals surface area contributed by atoms with Crippen LogP contribution in [0.25, 0.3) is 0 Å². The van der Waals surface area contributed by atoms with Gasteiger partial charge in [-0.1, -0.05) is 18.5 Å². The van der Waals surface area contributed by atoms with Gasteiger partial charge in [-0.05, 0) is 44.6 Å². The van der Waals surface area contributed by atoms with Gasteiger partial charge in [-0.15, -0.1) is 0 Å². The number of aromatic nitrogens is 2. The van der Waals surface area contributed by atoms with Gasteiger partial charge in [0.05, 0.1) is 0 Å². The van der Waals surface area contributed by atoms with E-state index in [9.17, 15) is 0 Å². The molecule has 1 saturated carbocycles. The summed E-state index contributed by atoms with van der Waals surface area (Å²) < 4.78 is 5.29. The van der Waals surface area contributed by atoms with Crippen LogP contribution in [0.2, 0.25) is 0 Å². The molecule has 4 nitrogen and oxygen atoms in total. The average Bonchev–Trinajstić information content (AvgIpc) is 2.97. The van der Waals surface area contributed by atoms with Gasteiger partial charge in [0.1, 0.15) is 0 Å². The van der Waals surface area contributed by atoms with Gasteiger partial charge in [0.25, 0.3) is 0 Å². The van der Waals surface area contributed by atoms with Gasteiger partial charge in [-0.2, -0.15) is 4.98 Å². The highest BCUT2D eigenvalue weighted by molar-refractivity contribution is 4.99. The molecule has 1 aliphatic carbocycles. The van der Waals surface area contributed by atoms with E-state index in [1.807, 2.05) is 0 Å². The van der Waals surface area contributed by atoms with E-state index in [1.165, 1.54) is 25.7 Å². The van der Waals surface area contributed by atoms with Gasteiger partial charge in [0.15, 0.2) is 5.82 Å². The zero-order chi connectivity index (χ0) is 12.1. The Hall–Kier alpha value is -0.900. The third kappa shape index (κ3) is 3.28. The Bertz CT molecular complexity index is 337. The van der Waals surface area contributed by atoms with Gasteiger partial charge >= 0.3 is 0 Å². The SMILES string of the molecule is CCC1CCC(c2noc(CCCCN)n2)C1. The predicted molar refractivity (Wildman–Crippen MR) is 66.7 cm³/mol. The van der Waals surface area contributed by atoms with E-state index < -0.39 is 0 Å². The largest absolute Gasteiger partial charge is 0.339 e. The van der Waals surface area contributed by atoms with E-state index in [-0.39, 0.29) is 0 Å². The van der Waals surface area contributed by atoms with Gasteiger partial charge in [-0.25, -0.2) is 0 Å². The fourth-order valence-corrected chi connectivity index (χ4v) is 2.64. The van der Waals surface area contributed by atoms with Crippen molar-refractivity contribution in [3.63, 3.8) is 0 Å². The second kappa shape index (κ2) is 6.15. The number of nitrogens with two attached hydrogens (primary N) is 1. The molecule has 0 saturated heterocycles. The minimum absolute atomic E-state index is 0.534. The van der Waals surface area contributed by atoms with Crippen molar-refractivity contribution in [3.8, 4) is 0 Å². The van der Waals surface area contributed by atoms with Crippen molar-refractivity contribution in [1.82, 2.24) is 10.1 Å². The molecule has 1 fully saturated rings. The van der Waals surface area contributed by atoms with Crippen molar-refractivity contribution < 1.29 is 4.52 Å². The first-order valence-corrected chi connectivity index (χ1v) is 6.86. The number of unbranched alkanes of at least 4 members (excludes halogenated alkanes) is 1. The van der Waals surface area contributed by atoms with Gasteiger partial charge in [0.2, 0.25) is 5.89 Å². The molecule has 1 aromatic rings. The van der Waals surface area contributed by atoms with Crippen molar-refractivity contribution in [2.75, 3.05) is 6.54 Å². The molecule has 0 aliphatic heterocycles. The Balaban J connectivity index is 1.85. The van der Waals surface area contributed by atoms with E-state index in [0.717, 1.165) is 43.4 Å². The minimum Gasteiger partial charge on any atom is -0.339 e. The van der Waals surface area contributed by atoms with E-state index in [2.05, 4.69) is 17.1 Å². The Labute approximate surface area is 103 Å². The van der Waals surface area contributed by atoms with Crippen molar-refractivity contribution in [2.45, 2.75) is 57.8 Å². The summed E-state index contributed by atoms with van der Waals surface area (Å²) in [7, 11) is 0. The lowest BCUT2D eigenvalue weighted by atomic mass is 10.0. The summed E-state index contributed by atoms with van der Waals surface area (Å²) in [4.78, 5) is 4.51. The van der Waals surface area contributed by atoms with E-state index in [0.29, 0.717) is 5.92 Å². The van der Waals surface area contributed by atoms with E-state index in [4.69, 9.17) is 10.3 Å². The van der Waals surface area contributed by atoms with Gasteiger partial charge in [0, 0.05) is 12.3 Å². The van der Waals surface area contributed by atoms with E-state index in [1.54, 1.807) is 0 Å². The predicted octanol–water partition coefficient (Wildman–Crippen LogP) is 2.64. The topological polar surface area (TPSA) is 64.9 Å². The van der Waals surface area contributed by atoms with Crippen LogP contribution in [-0.4, -0.2) is 16.7 Å². The summed E-state index contributed by atoms with van der Waals surface area (Å²) in [6, 6.07) is 0. The van der Waals surface area contributed by atoms with Crippen molar-refractivity contribution >= 4 is 0 Å².